The quantitative estimate of drug-likeness (QED) is 0.687. The fraction of sp³-hybridized carbons (Fsp3) is 0.174. The number of amidine groups is 1. The fourth-order valence-corrected chi connectivity index (χ4v) is 3.42. The highest BCUT2D eigenvalue weighted by atomic mass is 16.5. The molecule has 1 aliphatic heterocycles. The molecule has 0 saturated heterocycles. The number of amides is 1. The second-order valence-electron chi connectivity index (χ2n) is 6.72. The summed E-state index contributed by atoms with van der Waals surface area (Å²) in [6.07, 6.45) is 1.46. The molecule has 4 rings (SSSR count). The van der Waals surface area contributed by atoms with Gasteiger partial charge in [0.15, 0.2) is 17.3 Å². The summed E-state index contributed by atoms with van der Waals surface area (Å²) in [5, 5.41) is 2.91. The largest absolute Gasteiger partial charge is 0.493 e. The van der Waals surface area contributed by atoms with Crippen LogP contribution < -0.4 is 14.8 Å². The zero-order chi connectivity index (χ0) is 21.1. The van der Waals surface area contributed by atoms with Gasteiger partial charge in [0.05, 0.1) is 37.8 Å². The number of carbonyl (C=O) groups excluding carboxylic acids is 1. The van der Waals surface area contributed by atoms with Gasteiger partial charge in [-0.1, -0.05) is 18.2 Å². The van der Waals surface area contributed by atoms with Gasteiger partial charge in [0.2, 0.25) is 0 Å². The van der Waals surface area contributed by atoms with Gasteiger partial charge in [-0.25, -0.2) is 4.99 Å². The Morgan fingerprint density at radius 2 is 1.70 bits per heavy atom. The van der Waals surface area contributed by atoms with E-state index in [0.717, 1.165) is 17.0 Å². The maximum Gasteiger partial charge on any atom is 0.292 e. The third-order valence-electron chi connectivity index (χ3n) is 4.84. The number of rotatable bonds is 4. The molecule has 0 aliphatic carbocycles. The standard InChI is InChI=1S/C23H21N3O4/c1-14-21(15-10-11-18(28-2)20(13-15)29-3)22(26-23(27)19-9-6-12-30-19)25-17-8-5-4-7-16(17)24-14/h4-13,21H,1-3H3,(H,25,26,27)/t21-/m0/s1. The van der Waals surface area contributed by atoms with Crippen LogP contribution in [0.2, 0.25) is 0 Å². The number of hydrogen-bond acceptors (Lipinski definition) is 6. The lowest BCUT2D eigenvalue weighted by Gasteiger charge is -2.20. The summed E-state index contributed by atoms with van der Waals surface area (Å²) in [6.45, 7) is 1.91. The van der Waals surface area contributed by atoms with E-state index >= 15 is 0 Å². The molecule has 0 spiro atoms. The van der Waals surface area contributed by atoms with E-state index in [4.69, 9.17) is 23.9 Å². The van der Waals surface area contributed by atoms with Crippen molar-refractivity contribution in [2.45, 2.75) is 12.8 Å². The number of methoxy groups -OCH3 is 2. The van der Waals surface area contributed by atoms with E-state index in [1.807, 2.05) is 49.4 Å². The highest BCUT2D eigenvalue weighted by Crippen LogP contribution is 2.36. The molecule has 1 amide bonds. The molecule has 7 heteroatoms. The van der Waals surface area contributed by atoms with E-state index in [1.165, 1.54) is 6.26 Å². The van der Waals surface area contributed by atoms with E-state index in [1.54, 1.807) is 26.4 Å². The third-order valence-corrected chi connectivity index (χ3v) is 4.84. The van der Waals surface area contributed by atoms with Crippen LogP contribution in [0.4, 0.5) is 11.4 Å². The Kier molecular flexibility index (Phi) is 5.34. The van der Waals surface area contributed by atoms with Crippen LogP contribution >= 0.6 is 0 Å². The summed E-state index contributed by atoms with van der Waals surface area (Å²) in [5.74, 6) is 1.09. The van der Waals surface area contributed by atoms with Gasteiger partial charge in [-0.3, -0.25) is 9.79 Å². The van der Waals surface area contributed by atoms with E-state index in [0.29, 0.717) is 23.0 Å². The first kappa shape index (κ1) is 19.4. The molecule has 30 heavy (non-hydrogen) atoms. The van der Waals surface area contributed by atoms with Crippen molar-refractivity contribution in [3.63, 3.8) is 0 Å². The van der Waals surface area contributed by atoms with E-state index < -0.39 is 5.92 Å². The molecule has 1 atom stereocenters. The Balaban J connectivity index is 1.82. The number of fused-ring (bicyclic) bond motifs is 1. The predicted octanol–water partition coefficient (Wildman–Crippen LogP) is 4.65. The molecule has 1 N–H and O–H groups in total. The second kappa shape index (κ2) is 8.24. The maximum absolute atomic E-state index is 12.7. The van der Waals surface area contributed by atoms with Gasteiger partial charge in [-0.2, -0.15) is 0 Å². The SMILES string of the molecule is COc1ccc([C@@H]2C(C)=Nc3ccccc3N=C2NC(=O)c2ccco2)cc1OC. The van der Waals surface area contributed by atoms with Crippen molar-refractivity contribution >= 4 is 28.8 Å². The van der Waals surface area contributed by atoms with Crippen LogP contribution in [-0.4, -0.2) is 31.7 Å². The minimum Gasteiger partial charge on any atom is -0.493 e. The number of nitrogens with one attached hydrogen (secondary N) is 1. The van der Waals surface area contributed by atoms with Crippen molar-refractivity contribution in [3.05, 3.63) is 72.2 Å². The molecule has 0 radical (unpaired) electrons. The van der Waals surface area contributed by atoms with Gasteiger partial charge in [0.25, 0.3) is 5.91 Å². The monoisotopic (exact) mass is 403 g/mol. The molecular weight excluding hydrogens is 382 g/mol. The summed E-state index contributed by atoms with van der Waals surface area (Å²) in [5.41, 5.74) is 3.06. The number of carbonyl (C=O) groups is 1. The first-order chi connectivity index (χ1) is 14.6. The van der Waals surface area contributed by atoms with Crippen LogP contribution in [-0.2, 0) is 0 Å². The van der Waals surface area contributed by atoms with Gasteiger partial charge < -0.3 is 19.2 Å². The van der Waals surface area contributed by atoms with Gasteiger partial charge in [-0.05, 0) is 48.9 Å². The summed E-state index contributed by atoms with van der Waals surface area (Å²) in [6, 6.07) is 16.4. The molecule has 7 nitrogen and oxygen atoms in total. The minimum absolute atomic E-state index is 0.205. The molecule has 1 aromatic heterocycles. The Labute approximate surface area is 174 Å². The molecule has 0 saturated carbocycles. The van der Waals surface area contributed by atoms with Crippen LogP contribution in [0.1, 0.15) is 29.0 Å². The van der Waals surface area contributed by atoms with Gasteiger partial charge in [-0.15, -0.1) is 0 Å². The lowest BCUT2D eigenvalue weighted by Crippen LogP contribution is -2.37. The van der Waals surface area contributed by atoms with Gasteiger partial charge in [0, 0.05) is 5.71 Å². The summed E-state index contributed by atoms with van der Waals surface area (Å²) in [4.78, 5) is 22.3. The van der Waals surface area contributed by atoms with Crippen molar-refractivity contribution < 1.29 is 18.7 Å². The molecule has 2 heterocycles. The average molecular weight is 403 g/mol. The summed E-state index contributed by atoms with van der Waals surface area (Å²) < 4.78 is 16.1. The maximum atomic E-state index is 12.7. The lowest BCUT2D eigenvalue weighted by molar-refractivity contribution is 0.0949. The topological polar surface area (TPSA) is 85.4 Å². The normalized spacial score (nSPS) is 15.4. The Hall–Kier alpha value is -3.87. The van der Waals surface area contributed by atoms with E-state index in [2.05, 4.69) is 5.32 Å². The molecule has 0 bridgehead atoms. The molecule has 152 valence electrons. The van der Waals surface area contributed by atoms with E-state index in [9.17, 15) is 4.79 Å². The second-order valence-corrected chi connectivity index (χ2v) is 6.72. The van der Waals surface area contributed by atoms with Crippen molar-refractivity contribution in [1.29, 1.82) is 0 Å². The highest BCUT2D eigenvalue weighted by molar-refractivity contribution is 6.18. The number of benzene rings is 2. The van der Waals surface area contributed by atoms with Crippen molar-refractivity contribution in [2.24, 2.45) is 9.98 Å². The Morgan fingerprint density at radius 3 is 2.37 bits per heavy atom. The van der Waals surface area contributed by atoms with Gasteiger partial charge in [0.1, 0.15) is 5.84 Å². The third kappa shape index (κ3) is 3.69. The average Bonchev–Trinajstić information content (AvgIpc) is 3.25. The van der Waals surface area contributed by atoms with E-state index in [-0.39, 0.29) is 11.7 Å². The molecule has 0 unspecified atom stereocenters. The first-order valence-electron chi connectivity index (χ1n) is 9.40. The first-order valence-corrected chi connectivity index (χ1v) is 9.40. The smallest absolute Gasteiger partial charge is 0.292 e. The molecule has 3 aromatic rings. The summed E-state index contributed by atoms with van der Waals surface area (Å²) >= 11 is 0. The van der Waals surface area contributed by atoms with Crippen LogP contribution in [0.15, 0.2) is 75.3 Å². The fourth-order valence-electron chi connectivity index (χ4n) is 3.42. The lowest BCUT2D eigenvalue weighted by atomic mass is 9.92. The van der Waals surface area contributed by atoms with Crippen LogP contribution in [0.5, 0.6) is 11.5 Å². The molecule has 2 aromatic carbocycles. The predicted molar refractivity (Wildman–Crippen MR) is 115 cm³/mol. The zero-order valence-electron chi connectivity index (χ0n) is 16.9. The Morgan fingerprint density at radius 1 is 0.967 bits per heavy atom. The Bertz CT molecular complexity index is 1130. The number of aliphatic imine (C=N–C) groups is 2. The van der Waals surface area contributed by atoms with Crippen LogP contribution in [0, 0.1) is 0 Å². The number of nitrogens with zero attached hydrogens (tertiary/aromatic N) is 2. The molecular formula is C23H21N3O4. The van der Waals surface area contributed by atoms with Crippen molar-refractivity contribution in [2.75, 3.05) is 14.2 Å². The van der Waals surface area contributed by atoms with Gasteiger partial charge >= 0.3 is 0 Å². The summed E-state index contributed by atoms with van der Waals surface area (Å²) in [7, 11) is 3.17. The highest BCUT2D eigenvalue weighted by Gasteiger charge is 2.28. The zero-order valence-corrected chi connectivity index (χ0v) is 16.9. The molecule has 1 aliphatic rings. The number of para-hydroxylation sites is 2. The number of hydrogen-bond donors (Lipinski definition) is 1. The minimum atomic E-state index is -0.392. The number of ether oxygens (including phenoxy) is 2. The van der Waals surface area contributed by atoms with Crippen LogP contribution in [0.25, 0.3) is 0 Å². The van der Waals surface area contributed by atoms with Crippen molar-refractivity contribution in [1.82, 2.24) is 5.32 Å². The molecule has 0 fully saturated rings. The number of furan rings is 1. The van der Waals surface area contributed by atoms with Crippen molar-refractivity contribution in [3.8, 4) is 11.5 Å². The van der Waals surface area contributed by atoms with Crippen LogP contribution in [0.3, 0.4) is 0 Å².